The third-order valence-corrected chi connectivity index (χ3v) is 6.34. The van der Waals surface area contributed by atoms with E-state index in [4.69, 9.17) is 0 Å². The summed E-state index contributed by atoms with van der Waals surface area (Å²) in [7, 11) is 0. The summed E-state index contributed by atoms with van der Waals surface area (Å²) in [6.07, 6.45) is 4.72. The van der Waals surface area contributed by atoms with E-state index in [0.29, 0.717) is 31.4 Å². The van der Waals surface area contributed by atoms with Gasteiger partial charge in [0.1, 0.15) is 5.82 Å². The Morgan fingerprint density at radius 2 is 1.94 bits per heavy atom. The number of allylic oxidation sites excluding steroid dienone is 1. The van der Waals surface area contributed by atoms with Crippen molar-refractivity contribution in [2.75, 3.05) is 5.32 Å². The fraction of sp³-hybridized carbons (Fsp3) is 0.478. The average molecular weight is 448 g/mol. The Labute approximate surface area is 184 Å². The molecule has 1 aromatic heterocycles. The number of nitrogens with one attached hydrogen (secondary N) is 1. The first-order valence-electron chi connectivity index (χ1n) is 10.8. The molecule has 0 saturated carbocycles. The molecular formula is C23H27F3N4O2. The van der Waals surface area contributed by atoms with E-state index in [-0.39, 0.29) is 23.7 Å². The van der Waals surface area contributed by atoms with Gasteiger partial charge in [-0.3, -0.25) is 9.48 Å². The normalized spacial score (nSPS) is 23.0. The molecule has 1 aromatic carbocycles. The molecule has 2 aliphatic heterocycles. The monoisotopic (exact) mass is 448 g/mol. The van der Waals surface area contributed by atoms with Crippen LogP contribution >= 0.6 is 0 Å². The number of carbonyl (C=O) groups is 1. The summed E-state index contributed by atoms with van der Waals surface area (Å²) in [5, 5.41) is 16.7. The first kappa shape index (κ1) is 22.4. The van der Waals surface area contributed by atoms with Crippen LogP contribution in [0.4, 0.5) is 18.9 Å². The lowest BCUT2D eigenvalue weighted by molar-refractivity contribution is -0.0280. The van der Waals surface area contributed by atoms with Gasteiger partial charge in [0.05, 0.1) is 29.2 Å². The molecule has 172 valence electrons. The van der Waals surface area contributed by atoms with Gasteiger partial charge >= 0.3 is 5.92 Å². The number of alkyl halides is 2. The molecule has 0 spiro atoms. The highest BCUT2D eigenvalue weighted by Crippen LogP contribution is 2.46. The van der Waals surface area contributed by atoms with Crippen LogP contribution in [0.2, 0.25) is 0 Å². The second kappa shape index (κ2) is 8.27. The molecule has 2 aromatic rings. The highest BCUT2D eigenvalue weighted by molar-refractivity contribution is 6.04. The molecule has 3 heterocycles. The zero-order valence-corrected chi connectivity index (χ0v) is 18.1. The SMILES string of the molecule is C=C(N1[C@@H]2CC[C@H]1CC(O)C2)C(F)(F)c1cc(C(=O)Nc2cnn(C(C)C)c2)ccc1F. The van der Waals surface area contributed by atoms with Crippen LogP contribution in [0.1, 0.15) is 61.5 Å². The molecule has 4 rings (SSSR count). The van der Waals surface area contributed by atoms with Crippen LogP contribution in [-0.2, 0) is 5.92 Å². The van der Waals surface area contributed by atoms with Crippen LogP contribution < -0.4 is 5.32 Å². The Kier molecular flexibility index (Phi) is 5.79. The standard InChI is InChI=1S/C23H27F3N4O2/c1-13(2)29-12-16(11-27-29)28-22(32)15-4-7-21(24)20(8-15)23(25,26)14(3)30-17-5-6-18(30)10-19(31)9-17/h4,7-8,11-13,17-19,31H,3,5-6,9-10H2,1-2H3,(H,28,32)/t17-,18+,19?. The largest absolute Gasteiger partial charge is 0.393 e. The Balaban J connectivity index is 1.57. The number of amides is 1. The van der Waals surface area contributed by atoms with Crippen LogP contribution in [0.15, 0.2) is 42.9 Å². The molecule has 2 aliphatic rings. The van der Waals surface area contributed by atoms with E-state index >= 15 is 8.78 Å². The molecule has 1 unspecified atom stereocenters. The zero-order chi connectivity index (χ0) is 23.2. The molecule has 0 radical (unpaired) electrons. The van der Waals surface area contributed by atoms with E-state index in [1.54, 1.807) is 15.8 Å². The van der Waals surface area contributed by atoms with E-state index < -0.39 is 35.0 Å². The molecule has 1 amide bonds. The summed E-state index contributed by atoms with van der Waals surface area (Å²) in [4.78, 5) is 14.2. The van der Waals surface area contributed by atoms with Gasteiger partial charge in [-0.1, -0.05) is 6.58 Å². The molecule has 2 saturated heterocycles. The van der Waals surface area contributed by atoms with Crippen molar-refractivity contribution in [3.63, 3.8) is 0 Å². The number of anilines is 1. The highest BCUT2D eigenvalue weighted by Gasteiger charge is 2.49. The van der Waals surface area contributed by atoms with Crippen LogP contribution in [0.5, 0.6) is 0 Å². The van der Waals surface area contributed by atoms with E-state index in [2.05, 4.69) is 17.0 Å². The number of hydrogen-bond donors (Lipinski definition) is 2. The number of carbonyl (C=O) groups excluding carboxylic acids is 1. The number of fused-ring (bicyclic) bond motifs is 2. The van der Waals surface area contributed by atoms with Crippen molar-refractivity contribution in [2.45, 2.75) is 69.7 Å². The Morgan fingerprint density at radius 3 is 2.53 bits per heavy atom. The Hall–Kier alpha value is -2.81. The average Bonchev–Trinajstić information content (AvgIpc) is 3.30. The van der Waals surface area contributed by atoms with Crippen LogP contribution in [0.3, 0.4) is 0 Å². The van der Waals surface area contributed by atoms with Crippen molar-refractivity contribution >= 4 is 11.6 Å². The van der Waals surface area contributed by atoms with Gasteiger partial charge in [-0.2, -0.15) is 13.9 Å². The molecular weight excluding hydrogens is 421 g/mol. The third-order valence-electron chi connectivity index (χ3n) is 6.34. The van der Waals surface area contributed by atoms with Gasteiger partial charge < -0.3 is 15.3 Å². The maximum absolute atomic E-state index is 15.4. The number of hydrogen-bond acceptors (Lipinski definition) is 4. The summed E-state index contributed by atoms with van der Waals surface area (Å²) in [6.45, 7) is 7.46. The van der Waals surface area contributed by atoms with E-state index in [1.807, 2.05) is 13.8 Å². The predicted molar refractivity (Wildman–Crippen MR) is 114 cm³/mol. The minimum absolute atomic E-state index is 0.0916. The van der Waals surface area contributed by atoms with Crippen LogP contribution in [0, 0.1) is 5.82 Å². The van der Waals surface area contributed by atoms with Crippen molar-refractivity contribution in [2.24, 2.45) is 0 Å². The van der Waals surface area contributed by atoms with E-state index in [1.165, 1.54) is 12.3 Å². The van der Waals surface area contributed by atoms with Crippen LogP contribution in [-0.4, -0.2) is 43.9 Å². The van der Waals surface area contributed by atoms with Crippen molar-refractivity contribution < 1.29 is 23.1 Å². The molecule has 2 N–H and O–H groups in total. The molecule has 0 aliphatic carbocycles. The predicted octanol–water partition coefficient (Wildman–Crippen LogP) is 4.45. The van der Waals surface area contributed by atoms with Gasteiger partial charge in [-0.15, -0.1) is 0 Å². The fourth-order valence-corrected chi connectivity index (χ4v) is 4.70. The van der Waals surface area contributed by atoms with Gasteiger partial charge in [0.15, 0.2) is 0 Å². The van der Waals surface area contributed by atoms with Gasteiger partial charge in [0.2, 0.25) is 0 Å². The topological polar surface area (TPSA) is 70.4 Å². The highest BCUT2D eigenvalue weighted by atomic mass is 19.3. The number of aromatic nitrogens is 2. The van der Waals surface area contributed by atoms with Gasteiger partial charge in [0, 0.05) is 29.9 Å². The summed E-state index contributed by atoms with van der Waals surface area (Å²) in [5.74, 6) is -5.45. The van der Waals surface area contributed by atoms with Crippen LogP contribution in [0.25, 0.3) is 0 Å². The molecule has 9 heteroatoms. The summed E-state index contributed by atoms with van der Waals surface area (Å²) in [5.41, 5.74) is -1.07. The first-order chi connectivity index (χ1) is 15.1. The lowest BCUT2D eigenvalue weighted by Crippen LogP contribution is -2.47. The summed E-state index contributed by atoms with van der Waals surface area (Å²) >= 11 is 0. The molecule has 2 fully saturated rings. The van der Waals surface area contributed by atoms with Crippen molar-refractivity contribution in [1.82, 2.24) is 14.7 Å². The number of halogens is 3. The number of benzene rings is 1. The van der Waals surface area contributed by atoms with E-state index in [9.17, 15) is 14.3 Å². The first-order valence-corrected chi connectivity index (χ1v) is 10.8. The lowest BCUT2D eigenvalue weighted by Gasteiger charge is -2.42. The van der Waals surface area contributed by atoms with Gasteiger partial charge in [-0.05, 0) is 57.7 Å². The number of nitrogens with zero attached hydrogens (tertiary/aromatic N) is 3. The summed E-state index contributed by atoms with van der Waals surface area (Å²) in [6, 6.07) is 2.53. The Bertz CT molecular complexity index is 1020. The molecule has 32 heavy (non-hydrogen) atoms. The van der Waals surface area contributed by atoms with Gasteiger partial charge in [-0.25, -0.2) is 4.39 Å². The lowest BCUT2D eigenvalue weighted by atomic mass is 9.95. The second-order valence-electron chi connectivity index (χ2n) is 8.89. The molecule has 3 atom stereocenters. The number of aliphatic hydroxyl groups excluding tert-OH is 1. The molecule has 2 bridgehead atoms. The van der Waals surface area contributed by atoms with Crippen molar-refractivity contribution in [3.8, 4) is 0 Å². The van der Waals surface area contributed by atoms with Crippen molar-refractivity contribution in [3.05, 3.63) is 59.8 Å². The fourth-order valence-electron chi connectivity index (χ4n) is 4.70. The number of piperidine rings is 1. The summed E-state index contributed by atoms with van der Waals surface area (Å²) < 4.78 is 47.0. The maximum Gasteiger partial charge on any atom is 0.314 e. The second-order valence-corrected chi connectivity index (χ2v) is 8.89. The quantitative estimate of drug-likeness (QED) is 0.685. The van der Waals surface area contributed by atoms with E-state index in [0.717, 1.165) is 12.1 Å². The van der Waals surface area contributed by atoms with Crippen molar-refractivity contribution in [1.29, 1.82) is 0 Å². The van der Waals surface area contributed by atoms with Gasteiger partial charge in [0.25, 0.3) is 5.91 Å². The number of aliphatic hydroxyl groups is 1. The minimum atomic E-state index is -3.70. The molecule has 6 nitrogen and oxygen atoms in total. The Morgan fingerprint density at radius 1 is 1.28 bits per heavy atom. The zero-order valence-electron chi connectivity index (χ0n) is 18.1. The maximum atomic E-state index is 15.4. The minimum Gasteiger partial charge on any atom is -0.393 e. The smallest absolute Gasteiger partial charge is 0.314 e. The third kappa shape index (κ3) is 4.01. The number of rotatable bonds is 6.